The summed E-state index contributed by atoms with van der Waals surface area (Å²) in [5.41, 5.74) is 0. The first-order chi connectivity index (χ1) is 3.85. The van der Waals surface area contributed by atoms with E-state index < -0.39 is 6.04 Å². The van der Waals surface area contributed by atoms with Gasteiger partial charge in [-0.15, -0.1) is 4.91 Å². The molecule has 0 saturated carbocycles. The van der Waals surface area contributed by atoms with Crippen molar-refractivity contribution >= 4 is 0 Å². The van der Waals surface area contributed by atoms with Crippen LogP contribution in [0.2, 0.25) is 0 Å². The maximum atomic E-state index is 9.60. The Bertz CT molecular complexity index is 134. The van der Waals surface area contributed by atoms with Crippen molar-refractivity contribution in [2.24, 2.45) is 5.18 Å². The fraction of sp³-hybridized carbons (Fsp3) is 0.400. The van der Waals surface area contributed by atoms with E-state index >= 15 is 0 Å². The molecule has 42 valence electrons. The highest BCUT2D eigenvalue weighted by atomic mass is 16.3. The maximum absolute atomic E-state index is 9.60. The summed E-state index contributed by atoms with van der Waals surface area (Å²) in [6.07, 6.45) is 3.06. The van der Waals surface area contributed by atoms with Gasteiger partial charge in [0.2, 0.25) is 0 Å². The standard InChI is InChI=1S/C5H6N2O/c1-2-3-5(4-6)7-8/h2-3,5H,1H3. The first-order valence-corrected chi connectivity index (χ1v) is 2.20. The number of hydrogen-bond donors (Lipinski definition) is 0. The largest absolute Gasteiger partial charge is 0.196 e. The molecule has 3 nitrogen and oxygen atoms in total. The van der Waals surface area contributed by atoms with Gasteiger partial charge >= 0.3 is 0 Å². The van der Waals surface area contributed by atoms with Gasteiger partial charge in [-0.1, -0.05) is 6.08 Å². The van der Waals surface area contributed by atoms with Crippen LogP contribution in [0.5, 0.6) is 0 Å². The van der Waals surface area contributed by atoms with Crippen molar-refractivity contribution in [1.82, 2.24) is 0 Å². The second-order valence-corrected chi connectivity index (χ2v) is 1.21. The molecule has 0 aliphatic rings. The predicted octanol–water partition coefficient (Wildman–Crippen LogP) is 1.22. The summed E-state index contributed by atoms with van der Waals surface area (Å²) in [5.74, 6) is 0. The molecule has 8 heavy (non-hydrogen) atoms. The van der Waals surface area contributed by atoms with Crippen LogP contribution in [-0.4, -0.2) is 6.04 Å². The summed E-state index contributed by atoms with van der Waals surface area (Å²) in [7, 11) is 0. The van der Waals surface area contributed by atoms with E-state index in [1.807, 2.05) is 0 Å². The lowest BCUT2D eigenvalue weighted by molar-refractivity contribution is 1.02. The second-order valence-electron chi connectivity index (χ2n) is 1.21. The van der Waals surface area contributed by atoms with Crippen LogP contribution >= 0.6 is 0 Å². The average molecular weight is 110 g/mol. The fourth-order valence-electron chi connectivity index (χ4n) is 0.284. The van der Waals surface area contributed by atoms with Crippen LogP contribution in [0.3, 0.4) is 0 Å². The van der Waals surface area contributed by atoms with Gasteiger partial charge in [0.25, 0.3) is 0 Å². The third-order valence-electron chi connectivity index (χ3n) is 0.621. The Morgan fingerprint density at radius 2 is 2.50 bits per heavy atom. The molecule has 0 aromatic rings. The van der Waals surface area contributed by atoms with Gasteiger partial charge in [-0.3, -0.25) is 0 Å². The van der Waals surface area contributed by atoms with Crippen molar-refractivity contribution in [2.75, 3.05) is 0 Å². The molecule has 0 N–H and O–H groups in total. The Morgan fingerprint density at radius 1 is 1.88 bits per heavy atom. The van der Waals surface area contributed by atoms with Crippen LogP contribution in [0.4, 0.5) is 0 Å². The molecule has 0 aliphatic heterocycles. The smallest absolute Gasteiger partial charge is 0.195 e. The quantitative estimate of drug-likeness (QED) is 0.396. The van der Waals surface area contributed by atoms with E-state index in [1.54, 1.807) is 19.1 Å². The Kier molecular flexibility index (Phi) is 3.42. The van der Waals surface area contributed by atoms with E-state index in [1.165, 1.54) is 6.08 Å². The molecule has 0 fully saturated rings. The number of allylic oxidation sites excluding steroid dienone is 1. The third kappa shape index (κ3) is 2.08. The molecule has 0 aliphatic carbocycles. The van der Waals surface area contributed by atoms with Crippen molar-refractivity contribution in [3.05, 3.63) is 17.1 Å². The number of nitroso groups, excluding NO2 is 1. The zero-order valence-corrected chi connectivity index (χ0v) is 4.53. The van der Waals surface area contributed by atoms with E-state index in [4.69, 9.17) is 5.26 Å². The SMILES string of the molecule is CC=CC(C#N)N=O. The highest BCUT2D eigenvalue weighted by molar-refractivity contribution is 5.04. The molecule has 0 saturated heterocycles. The molecule has 0 aromatic heterocycles. The molecule has 0 heterocycles. The number of rotatable bonds is 2. The molecule has 0 bridgehead atoms. The summed E-state index contributed by atoms with van der Waals surface area (Å²) in [4.78, 5) is 9.60. The van der Waals surface area contributed by atoms with Crippen LogP contribution < -0.4 is 0 Å². The lowest BCUT2D eigenvalue weighted by atomic mass is 10.3. The number of hydrogen-bond acceptors (Lipinski definition) is 3. The fourth-order valence-corrected chi connectivity index (χ4v) is 0.284. The third-order valence-corrected chi connectivity index (χ3v) is 0.621. The van der Waals surface area contributed by atoms with Crippen molar-refractivity contribution in [1.29, 1.82) is 5.26 Å². The lowest BCUT2D eigenvalue weighted by Gasteiger charge is -1.82. The minimum absolute atomic E-state index is 0.806. The topological polar surface area (TPSA) is 53.2 Å². The van der Waals surface area contributed by atoms with Crippen LogP contribution in [0.15, 0.2) is 17.3 Å². The summed E-state index contributed by atoms with van der Waals surface area (Å²) in [6.45, 7) is 1.73. The Labute approximate surface area is 47.6 Å². The summed E-state index contributed by atoms with van der Waals surface area (Å²) in [5, 5.41) is 10.6. The Morgan fingerprint density at radius 3 is 2.62 bits per heavy atom. The zero-order chi connectivity index (χ0) is 6.41. The minimum Gasteiger partial charge on any atom is -0.195 e. The molecule has 0 rings (SSSR count). The molecule has 1 unspecified atom stereocenters. The molecule has 0 radical (unpaired) electrons. The van der Waals surface area contributed by atoms with Crippen molar-refractivity contribution in [3.63, 3.8) is 0 Å². The molecule has 0 amide bonds. The van der Waals surface area contributed by atoms with Crippen LogP contribution in [-0.2, 0) is 0 Å². The average Bonchev–Trinajstić information content (AvgIpc) is 1.83. The van der Waals surface area contributed by atoms with Crippen LogP contribution in [0.25, 0.3) is 0 Å². The van der Waals surface area contributed by atoms with Gasteiger partial charge in [0, 0.05) is 0 Å². The van der Waals surface area contributed by atoms with Gasteiger partial charge < -0.3 is 0 Å². The summed E-state index contributed by atoms with van der Waals surface area (Å²) in [6, 6.07) is 0.881. The van der Waals surface area contributed by atoms with Crippen LogP contribution in [0.1, 0.15) is 6.92 Å². The van der Waals surface area contributed by atoms with Crippen molar-refractivity contribution in [2.45, 2.75) is 13.0 Å². The first kappa shape index (κ1) is 6.83. The molecular weight excluding hydrogens is 104 g/mol. The van der Waals surface area contributed by atoms with Gasteiger partial charge in [0.1, 0.15) is 0 Å². The van der Waals surface area contributed by atoms with E-state index in [9.17, 15) is 4.91 Å². The van der Waals surface area contributed by atoms with Gasteiger partial charge in [-0.25, -0.2) is 0 Å². The highest BCUT2D eigenvalue weighted by Crippen LogP contribution is 1.88. The molecule has 0 spiro atoms. The zero-order valence-electron chi connectivity index (χ0n) is 4.53. The van der Waals surface area contributed by atoms with Crippen molar-refractivity contribution in [3.8, 4) is 6.07 Å². The summed E-state index contributed by atoms with van der Waals surface area (Å²) < 4.78 is 0. The maximum Gasteiger partial charge on any atom is 0.196 e. The first-order valence-electron chi connectivity index (χ1n) is 2.20. The minimum atomic E-state index is -0.806. The normalized spacial score (nSPS) is 13.0. The Balaban J connectivity index is 3.75. The monoisotopic (exact) mass is 110 g/mol. The predicted molar refractivity (Wildman–Crippen MR) is 30.0 cm³/mol. The van der Waals surface area contributed by atoms with E-state index in [-0.39, 0.29) is 0 Å². The van der Waals surface area contributed by atoms with Gasteiger partial charge in [-0.2, -0.15) is 5.26 Å². The van der Waals surface area contributed by atoms with Crippen molar-refractivity contribution < 1.29 is 0 Å². The van der Waals surface area contributed by atoms with E-state index in [0.29, 0.717) is 0 Å². The number of nitriles is 1. The second kappa shape index (κ2) is 4.00. The molecular formula is C5H6N2O. The Hall–Kier alpha value is -1.17. The molecule has 0 aromatic carbocycles. The van der Waals surface area contributed by atoms with Gasteiger partial charge in [0.05, 0.1) is 6.07 Å². The highest BCUT2D eigenvalue weighted by Gasteiger charge is 1.95. The molecule has 3 heteroatoms. The number of nitrogens with zero attached hydrogens (tertiary/aromatic N) is 2. The lowest BCUT2D eigenvalue weighted by Crippen LogP contribution is -1.90. The van der Waals surface area contributed by atoms with E-state index in [2.05, 4.69) is 5.18 Å². The van der Waals surface area contributed by atoms with E-state index in [0.717, 1.165) is 0 Å². The summed E-state index contributed by atoms with van der Waals surface area (Å²) >= 11 is 0. The van der Waals surface area contributed by atoms with Crippen LogP contribution in [0, 0.1) is 16.2 Å². The van der Waals surface area contributed by atoms with Gasteiger partial charge in [-0.05, 0) is 18.2 Å². The van der Waals surface area contributed by atoms with Gasteiger partial charge in [0.15, 0.2) is 6.04 Å². The molecule has 1 atom stereocenters.